The standard InChI is InChI=1S/C20H34O4/c1-17(2)13-6-10-19(4)14(18(13,3)9-8-15(17)21)7-11-20(19,23)12-16(22)24-5/h13-15,21,23H,6-12H2,1-5H3/t13-,14+,15-,18-,19+,20+/m1/s1. The number of esters is 1. The number of hydrogen-bond donors (Lipinski definition) is 2. The summed E-state index contributed by atoms with van der Waals surface area (Å²) in [4.78, 5) is 11.9. The van der Waals surface area contributed by atoms with Crippen LogP contribution in [0.5, 0.6) is 0 Å². The van der Waals surface area contributed by atoms with Crippen LogP contribution in [0.2, 0.25) is 0 Å². The molecule has 0 aromatic carbocycles. The molecule has 2 N–H and O–H groups in total. The molecule has 24 heavy (non-hydrogen) atoms. The molecule has 0 aromatic rings. The first-order valence-electron chi connectivity index (χ1n) is 9.48. The van der Waals surface area contributed by atoms with Gasteiger partial charge in [-0.1, -0.05) is 27.7 Å². The number of rotatable bonds is 2. The van der Waals surface area contributed by atoms with Crippen molar-refractivity contribution < 1.29 is 19.7 Å². The molecule has 0 bridgehead atoms. The molecule has 0 aromatic heterocycles. The Morgan fingerprint density at radius 3 is 2.29 bits per heavy atom. The number of ether oxygens (including phenoxy) is 1. The Balaban J connectivity index is 1.95. The van der Waals surface area contributed by atoms with E-state index < -0.39 is 5.60 Å². The van der Waals surface area contributed by atoms with E-state index in [1.807, 2.05) is 0 Å². The molecule has 0 unspecified atom stereocenters. The molecule has 0 aliphatic heterocycles. The summed E-state index contributed by atoms with van der Waals surface area (Å²) in [5.41, 5.74) is -1.17. The van der Waals surface area contributed by atoms with E-state index in [2.05, 4.69) is 27.7 Å². The molecule has 3 aliphatic carbocycles. The van der Waals surface area contributed by atoms with Crippen LogP contribution in [-0.2, 0) is 9.53 Å². The van der Waals surface area contributed by atoms with Gasteiger partial charge in [-0.15, -0.1) is 0 Å². The van der Waals surface area contributed by atoms with Crippen LogP contribution in [0.4, 0.5) is 0 Å². The van der Waals surface area contributed by atoms with Crippen molar-refractivity contribution in [1.29, 1.82) is 0 Å². The third-order valence-corrected chi connectivity index (χ3v) is 8.60. The van der Waals surface area contributed by atoms with Crippen molar-refractivity contribution in [2.45, 2.75) is 84.3 Å². The molecule has 4 heteroatoms. The van der Waals surface area contributed by atoms with Crippen LogP contribution in [0.1, 0.15) is 72.6 Å². The van der Waals surface area contributed by atoms with Crippen molar-refractivity contribution in [2.75, 3.05) is 7.11 Å². The molecule has 0 spiro atoms. The first-order valence-corrected chi connectivity index (χ1v) is 9.48. The average Bonchev–Trinajstić information content (AvgIpc) is 2.76. The Labute approximate surface area is 146 Å². The summed E-state index contributed by atoms with van der Waals surface area (Å²) in [5.74, 6) is 0.545. The van der Waals surface area contributed by atoms with Crippen LogP contribution in [0.25, 0.3) is 0 Å². The minimum absolute atomic E-state index is 0.0859. The van der Waals surface area contributed by atoms with Crippen LogP contribution >= 0.6 is 0 Å². The number of aliphatic hydroxyl groups excluding tert-OH is 1. The zero-order valence-electron chi connectivity index (χ0n) is 15.9. The molecule has 3 aliphatic rings. The van der Waals surface area contributed by atoms with Gasteiger partial charge in [0.05, 0.1) is 25.2 Å². The van der Waals surface area contributed by atoms with Crippen molar-refractivity contribution >= 4 is 5.97 Å². The first kappa shape index (κ1) is 18.2. The van der Waals surface area contributed by atoms with Crippen LogP contribution < -0.4 is 0 Å². The summed E-state index contributed by atoms with van der Waals surface area (Å²) >= 11 is 0. The number of carbonyl (C=O) groups is 1. The fourth-order valence-corrected chi connectivity index (χ4v) is 7.02. The fourth-order valence-electron chi connectivity index (χ4n) is 7.02. The van der Waals surface area contributed by atoms with Gasteiger partial charge < -0.3 is 14.9 Å². The summed E-state index contributed by atoms with van der Waals surface area (Å²) in [6.07, 6.45) is 5.27. The SMILES string of the molecule is COC(=O)C[C@@]1(O)CC[C@H]2[C@]3(C)CC[C@@H](O)C(C)(C)[C@H]3CC[C@@]21C. The lowest BCUT2D eigenvalue weighted by Crippen LogP contribution is -2.60. The zero-order chi connectivity index (χ0) is 18.0. The third-order valence-electron chi connectivity index (χ3n) is 8.60. The molecular weight excluding hydrogens is 304 g/mol. The van der Waals surface area contributed by atoms with Gasteiger partial charge in [0.1, 0.15) is 0 Å². The van der Waals surface area contributed by atoms with Crippen molar-refractivity contribution in [2.24, 2.45) is 28.1 Å². The molecule has 3 fully saturated rings. The number of methoxy groups -OCH3 is 1. The van der Waals surface area contributed by atoms with Gasteiger partial charge in [-0.3, -0.25) is 4.79 Å². The molecule has 0 heterocycles. The molecule has 3 saturated carbocycles. The molecule has 6 atom stereocenters. The minimum Gasteiger partial charge on any atom is -0.469 e. The number of aliphatic hydroxyl groups is 2. The maximum absolute atomic E-state index is 11.9. The van der Waals surface area contributed by atoms with Crippen molar-refractivity contribution in [3.05, 3.63) is 0 Å². The summed E-state index contributed by atoms with van der Waals surface area (Å²) in [6, 6.07) is 0. The number of fused-ring (bicyclic) bond motifs is 3. The lowest BCUT2D eigenvalue weighted by molar-refractivity contribution is -0.197. The van der Waals surface area contributed by atoms with E-state index in [9.17, 15) is 15.0 Å². The lowest BCUT2D eigenvalue weighted by Gasteiger charge is -2.63. The average molecular weight is 338 g/mol. The fraction of sp³-hybridized carbons (Fsp3) is 0.950. The van der Waals surface area contributed by atoms with E-state index in [-0.39, 0.29) is 34.7 Å². The molecule has 138 valence electrons. The second kappa shape index (κ2) is 5.44. The van der Waals surface area contributed by atoms with Crippen molar-refractivity contribution in [3.8, 4) is 0 Å². The molecule has 4 nitrogen and oxygen atoms in total. The van der Waals surface area contributed by atoms with Crippen LogP contribution in [0, 0.1) is 28.1 Å². The van der Waals surface area contributed by atoms with E-state index in [0.29, 0.717) is 18.3 Å². The van der Waals surface area contributed by atoms with Crippen LogP contribution in [0.15, 0.2) is 0 Å². The van der Waals surface area contributed by atoms with Gasteiger partial charge in [0.15, 0.2) is 0 Å². The highest BCUT2D eigenvalue weighted by Crippen LogP contribution is 2.70. The minimum atomic E-state index is -0.959. The molecule has 0 saturated heterocycles. The van der Waals surface area contributed by atoms with Gasteiger partial charge in [0.25, 0.3) is 0 Å². The largest absolute Gasteiger partial charge is 0.469 e. The maximum atomic E-state index is 11.9. The highest BCUT2D eigenvalue weighted by atomic mass is 16.5. The third kappa shape index (κ3) is 2.21. The molecule has 3 rings (SSSR count). The summed E-state index contributed by atoms with van der Waals surface area (Å²) in [5, 5.41) is 21.9. The number of carbonyl (C=O) groups excluding carboxylic acids is 1. The summed E-state index contributed by atoms with van der Waals surface area (Å²) < 4.78 is 4.85. The Kier molecular flexibility index (Phi) is 4.12. The van der Waals surface area contributed by atoms with Gasteiger partial charge in [-0.25, -0.2) is 0 Å². The van der Waals surface area contributed by atoms with Crippen molar-refractivity contribution in [3.63, 3.8) is 0 Å². The van der Waals surface area contributed by atoms with Gasteiger partial charge in [-0.05, 0) is 61.2 Å². The Hall–Kier alpha value is -0.610. The van der Waals surface area contributed by atoms with Gasteiger partial charge in [-0.2, -0.15) is 0 Å². The van der Waals surface area contributed by atoms with E-state index in [0.717, 1.165) is 32.1 Å². The van der Waals surface area contributed by atoms with E-state index >= 15 is 0 Å². The zero-order valence-corrected chi connectivity index (χ0v) is 15.9. The monoisotopic (exact) mass is 338 g/mol. The predicted octanol–water partition coefficient (Wildman–Crippen LogP) is 3.29. The van der Waals surface area contributed by atoms with Crippen molar-refractivity contribution in [1.82, 2.24) is 0 Å². The summed E-state index contributed by atoms with van der Waals surface area (Å²) in [6.45, 7) is 8.97. The topological polar surface area (TPSA) is 66.8 Å². The normalized spacial score (nSPS) is 50.0. The Morgan fingerprint density at radius 1 is 1.04 bits per heavy atom. The first-order chi connectivity index (χ1) is 11.0. The lowest BCUT2D eigenvalue weighted by atomic mass is 9.42. The molecule has 0 radical (unpaired) electrons. The Bertz CT molecular complexity index is 530. The van der Waals surface area contributed by atoms with Crippen LogP contribution in [-0.4, -0.2) is 35.0 Å². The quantitative estimate of drug-likeness (QED) is 0.758. The van der Waals surface area contributed by atoms with E-state index in [1.165, 1.54) is 7.11 Å². The smallest absolute Gasteiger partial charge is 0.308 e. The second-order valence-electron chi connectivity index (χ2n) is 9.77. The van der Waals surface area contributed by atoms with Gasteiger partial charge in [0.2, 0.25) is 0 Å². The van der Waals surface area contributed by atoms with E-state index in [4.69, 9.17) is 4.74 Å². The number of hydrogen-bond acceptors (Lipinski definition) is 4. The maximum Gasteiger partial charge on any atom is 0.308 e. The highest BCUT2D eigenvalue weighted by Gasteiger charge is 2.67. The molecule has 0 amide bonds. The van der Waals surface area contributed by atoms with Crippen LogP contribution in [0.3, 0.4) is 0 Å². The second-order valence-corrected chi connectivity index (χ2v) is 9.77. The molecular formula is C20H34O4. The highest BCUT2D eigenvalue weighted by molar-refractivity contribution is 5.70. The van der Waals surface area contributed by atoms with Gasteiger partial charge >= 0.3 is 5.97 Å². The Morgan fingerprint density at radius 2 is 1.67 bits per heavy atom. The predicted molar refractivity (Wildman–Crippen MR) is 92.3 cm³/mol. The van der Waals surface area contributed by atoms with E-state index in [1.54, 1.807) is 0 Å². The van der Waals surface area contributed by atoms with Gasteiger partial charge in [0, 0.05) is 5.41 Å². The summed E-state index contributed by atoms with van der Waals surface area (Å²) in [7, 11) is 1.39.